The van der Waals surface area contributed by atoms with Gasteiger partial charge in [0.2, 0.25) is 0 Å². The molecule has 0 bridgehead atoms. The van der Waals surface area contributed by atoms with Gasteiger partial charge in [-0.1, -0.05) is 0 Å². The Morgan fingerprint density at radius 1 is 1.29 bits per heavy atom. The van der Waals surface area contributed by atoms with Crippen molar-refractivity contribution in [2.24, 2.45) is 0 Å². The molecule has 0 radical (unpaired) electrons. The minimum atomic E-state index is -0.824. The smallest absolute Gasteiger partial charge is 0.317 e. The number of likely N-dealkylation sites (tertiary alicyclic amines) is 1. The summed E-state index contributed by atoms with van der Waals surface area (Å²) >= 11 is 1.85. The summed E-state index contributed by atoms with van der Waals surface area (Å²) in [6.07, 6.45) is 7.42. The predicted octanol–water partition coefficient (Wildman–Crippen LogP) is 2.78. The van der Waals surface area contributed by atoms with Crippen molar-refractivity contribution >= 4 is 23.3 Å². The molecule has 2 heterocycles. The topological polar surface area (TPSA) is 82.5 Å². The number of fused-ring (bicyclic) bond motifs is 1. The number of urea groups is 1. The van der Waals surface area contributed by atoms with E-state index >= 15 is 0 Å². The molecule has 7 heteroatoms. The quantitative estimate of drug-likeness (QED) is 0.799. The van der Waals surface area contributed by atoms with Gasteiger partial charge in [0.05, 0.1) is 10.7 Å². The second-order valence-corrected chi connectivity index (χ2v) is 7.76. The van der Waals surface area contributed by atoms with Crippen LogP contribution in [0.1, 0.15) is 60.0 Å². The minimum absolute atomic E-state index is 0.0774. The van der Waals surface area contributed by atoms with Gasteiger partial charge in [-0.15, -0.1) is 11.3 Å². The molecule has 3 rings (SSSR count). The van der Waals surface area contributed by atoms with Crippen LogP contribution in [0.2, 0.25) is 0 Å². The number of aryl methyl sites for hydroxylation is 2. The Labute approximate surface area is 146 Å². The van der Waals surface area contributed by atoms with Crippen LogP contribution in [0.4, 0.5) is 4.79 Å². The van der Waals surface area contributed by atoms with Crippen molar-refractivity contribution in [3.63, 3.8) is 0 Å². The first-order chi connectivity index (χ1) is 11.6. The van der Waals surface area contributed by atoms with E-state index in [1.54, 1.807) is 0 Å². The highest BCUT2D eigenvalue weighted by Crippen LogP contribution is 2.34. The van der Waals surface area contributed by atoms with Gasteiger partial charge in [0.25, 0.3) is 0 Å². The highest BCUT2D eigenvalue weighted by molar-refractivity contribution is 7.11. The number of piperidine rings is 1. The first kappa shape index (κ1) is 17.2. The van der Waals surface area contributed by atoms with Crippen molar-refractivity contribution in [2.75, 3.05) is 19.6 Å². The van der Waals surface area contributed by atoms with Crippen LogP contribution in [-0.4, -0.2) is 46.6 Å². The summed E-state index contributed by atoms with van der Waals surface area (Å²) < 4.78 is 0. The lowest BCUT2D eigenvalue weighted by Gasteiger charge is -2.31. The van der Waals surface area contributed by atoms with Crippen molar-refractivity contribution in [2.45, 2.75) is 57.3 Å². The summed E-state index contributed by atoms with van der Waals surface area (Å²) in [6, 6.07) is -0.0774. The molecule has 2 aliphatic rings. The molecule has 1 aliphatic carbocycles. The molecule has 1 aliphatic heterocycles. The predicted molar refractivity (Wildman–Crippen MR) is 92.6 cm³/mol. The van der Waals surface area contributed by atoms with Crippen molar-refractivity contribution in [3.8, 4) is 0 Å². The zero-order valence-corrected chi connectivity index (χ0v) is 14.7. The summed E-state index contributed by atoms with van der Waals surface area (Å²) in [6.45, 7) is 1.90. The first-order valence-corrected chi connectivity index (χ1v) is 9.68. The number of carboxylic acid groups (broad SMARTS) is 1. The Bertz CT molecular complexity index is 578. The number of carbonyl (C=O) groups is 2. The Hall–Kier alpha value is -1.63. The van der Waals surface area contributed by atoms with Crippen molar-refractivity contribution in [3.05, 3.63) is 15.6 Å². The molecule has 0 spiro atoms. The normalized spacial score (nSPS) is 20.5. The van der Waals surface area contributed by atoms with Gasteiger partial charge in [-0.25, -0.2) is 9.78 Å². The maximum Gasteiger partial charge on any atom is 0.317 e. The third-order valence-electron chi connectivity index (χ3n) is 4.76. The summed E-state index contributed by atoms with van der Waals surface area (Å²) in [5.41, 5.74) is 1.29. The summed E-state index contributed by atoms with van der Waals surface area (Å²) in [5.74, 6) is -0.478. The fourth-order valence-electron chi connectivity index (χ4n) is 3.46. The van der Waals surface area contributed by atoms with Crippen molar-refractivity contribution < 1.29 is 14.7 Å². The molecule has 0 saturated carbocycles. The summed E-state index contributed by atoms with van der Waals surface area (Å²) in [5, 5.41) is 12.7. The number of nitrogens with zero attached hydrogens (tertiary/aromatic N) is 2. The zero-order valence-electron chi connectivity index (χ0n) is 13.9. The molecule has 1 unspecified atom stereocenters. The van der Waals surface area contributed by atoms with Crippen LogP contribution in [0.5, 0.6) is 0 Å². The number of aromatic nitrogens is 1. The largest absolute Gasteiger partial charge is 0.481 e. The number of nitrogens with one attached hydrogen (secondary N) is 1. The number of thiazole rings is 1. The Balaban J connectivity index is 1.53. The molecule has 1 saturated heterocycles. The number of carbonyl (C=O) groups excluding carboxylic acids is 1. The van der Waals surface area contributed by atoms with E-state index in [4.69, 9.17) is 10.1 Å². The molecule has 1 atom stereocenters. The van der Waals surface area contributed by atoms with Gasteiger partial charge in [-0.3, -0.25) is 4.79 Å². The van der Waals surface area contributed by atoms with E-state index in [1.807, 2.05) is 16.2 Å². The third-order valence-corrected chi connectivity index (χ3v) is 6.08. The van der Waals surface area contributed by atoms with Gasteiger partial charge in [0, 0.05) is 36.9 Å². The molecular formula is C17H25N3O3S. The average Bonchev–Trinajstić information content (AvgIpc) is 3.02. The van der Waals surface area contributed by atoms with Gasteiger partial charge < -0.3 is 15.3 Å². The lowest BCUT2D eigenvalue weighted by Crippen LogP contribution is -2.45. The van der Waals surface area contributed by atoms with E-state index in [0.717, 1.165) is 38.8 Å². The number of hydrogen-bond donors (Lipinski definition) is 2. The summed E-state index contributed by atoms with van der Waals surface area (Å²) in [4.78, 5) is 30.9. The monoisotopic (exact) mass is 351 g/mol. The van der Waals surface area contributed by atoms with Crippen LogP contribution in [0.3, 0.4) is 0 Å². The second kappa shape index (κ2) is 7.96. The standard InChI is InChI=1S/C17H25N3O3S/c21-15(22)8-3-9-18-17(23)20-10-4-5-12(11-20)16-19-13-6-1-2-7-14(13)24-16/h12H,1-11H2,(H,18,23)(H,21,22). The van der Waals surface area contributed by atoms with E-state index in [1.165, 1.54) is 28.4 Å². The van der Waals surface area contributed by atoms with Crippen LogP contribution in [-0.2, 0) is 17.6 Å². The molecule has 132 valence electrons. The Morgan fingerprint density at radius 2 is 2.12 bits per heavy atom. The molecule has 2 N–H and O–H groups in total. The van der Waals surface area contributed by atoms with E-state index in [0.29, 0.717) is 18.9 Å². The molecule has 2 amide bonds. The van der Waals surface area contributed by atoms with Crippen LogP contribution in [0.15, 0.2) is 0 Å². The van der Waals surface area contributed by atoms with Gasteiger partial charge in [0.1, 0.15) is 0 Å². The lowest BCUT2D eigenvalue weighted by atomic mass is 9.98. The van der Waals surface area contributed by atoms with Crippen molar-refractivity contribution in [1.29, 1.82) is 0 Å². The van der Waals surface area contributed by atoms with E-state index < -0.39 is 5.97 Å². The van der Waals surface area contributed by atoms with Crippen LogP contribution in [0, 0.1) is 0 Å². The van der Waals surface area contributed by atoms with Crippen LogP contribution >= 0.6 is 11.3 Å². The van der Waals surface area contributed by atoms with E-state index in [2.05, 4.69) is 5.32 Å². The lowest BCUT2D eigenvalue weighted by molar-refractivity contribution is -0.137. The minimum Gasteiger partial charge on any atom is -0.481 e. The highest BCUT2D eigenvalue weighted by atomic mass is 32.1. The molecule has 1 aromatic rings. The fourth-order valence-corrected chi connectivity index (χ4v) is 4.74. The Kier molecular flexibility index (Phi) is 5.71. The highest BCUT2D eigenvalue weighted by Gasteiger charge is 2.28. The average molecular weight is 351 g/mol. The number of carboxylic acids is 1. The van der Waals surface area contributed by atoms with E-state index in [-0.39, 0.29) is 12.5 Å². The molecular weight excluding hydrogens is 326 g/mol. The maximum absolute atomic E-state index is 12.3. The molecule has 0 aromatic carbocycles. The molecule has 24 heavy (non-hydrogen) atoms. The SMILES string of the molecule is O=C(O)CCCNC(=O)N1CCCC(c2nc3c(s2)CCCC3)C1. The number of amides is 2. The van der Waals surface area contributed by atoms with Gasteiger partial charge >= 0.3 is 12.0 Å². The maximum atomic E-state index is 12.3. The number of hydrogen-bond acceptors (Lipinski definition) is 4. The second-order valence-electron chi connectivity index (χ2n) is 6.64. The number of rotatable bonds is 5. The Morgan fingerprint density at radius 3 is 2.92 bits per heavy atom. The molecule has 1 aromatic heterocycles. The molecule has 6 nitrogen and oxygen atoms in total. The first-order valence-electron chi connectivity index (χ1n) is 8.86. The van der Waals surface area contributed by atoms with Crippen LogP contribution in [0.25, 0.3) is 0 Å². The zero-order chi connectivity index (χ0) is 16.9. The van der Waals surface area contributed by atoms with Gasteiger partial charge in [0.15, 0.2) is 0 Å². The third kappa shape index (κ3) is 4.26. The van der Waals surface area contributed by atoms with Gasteiger partial charge in [-0.05, 0) is 44.9 Å². The van der Waals surface area contributed by atoms with Crippen LogP contribution < -0.4 is 5.32 Å². The number of aliphatic carboxylic acids is 1. The van der Waals surface area contributed by atoms with E-state index in [9.17, 15) is 9.59 Å². The molecule has 1 fully saturated rings. The summed E-state index contributed by atoms with van der Waals surface area (Å²) in [7, 11) is 0. The van der Waals surface area contributed by atoms with Crippen molar-refractivity contribution in [1.82, 2.24) is 15.2 Å². The fraction of sp³-hybridized carbons (Fsp3) is 0.706. The van der Waals surface area contributed by atoms with Gasteiger partial charge in [-0.2, -0.15) is 0 Å².